The molecule has 3 nitrogen and oxygen atoms in total. The highest BCUT2D eigenvalue weighted by atomic mass is 19.4. The number of nitrogens with zero attached hydrogens (tertiary/aromatic N) is 1. The van der Waals surface area contributed by atoms with Crippen molar-refractivity contribution < 1.29 is 22.6 Å². The van der Waals surface area contributed by atoms with Gasteiger partial charge < -0.3 is 9.47 Å². The third-order valence-corrected chi connectivity index (χ3v) is 3.76. The molecule has 3 aromatic carbocycles. The maximum atomic E-state index is 12.4. The van der Waals surface area contributed by atoms with Crippen molar-refractivity contribution in [2.45, 2.75) is 13.0 Å². The predicted molar refractivity (Wildman–Crippen MR) is 94.1 cm³/mol. The fraction of sp³-hybridized carbons (Fsp3) is 0.0952. The molecule has 0 N–H and O–H groups in total. The lowest BCUT2D eigenvalue weighted by atomic mass is 10.00. The molecule has 0 saturated carbocycles. The first-order valence-electron chi connectivity index (χ1n) is 8.02. The molecular formula is C21H14F3NO2. The third-order valence-electron chi connectivity index (χ3n) is 3.76. The van der Waals surface area contributed by atoms with Gasteiger partial charge in [-0.3, -0.25) is 0 Å². The lowest BCUT2D eigenvalue weighted by Gasteiger charge is -2.12. The first-order valence-corrected chi connectivity index (χ1v) is 8.02. The van der Waals surface area contributed by atoms with Crippen LogP contribution in [0.5, 0.6) is 11.5 Å². The number of hydrogen-bond acceptors (Lipinski definition) is 3. The van der Waals surface area contributed by atoms with Gasteiger partial charge in [-0.15, -0.1) is 13.2 Å². The van der Waals surface area contributed by atoms with Crippen LogP contribution in [0.2, 0.25) is 0 Å². The van der Waals surface area contributed by atoms with E-state index in [0.717, 1.165) is 11.6 Å². The van der Waals surface area contributed by atoms with Crippen molar-refractivity contribution in [3.05, 3.63) is 83.9 Å². The summed E-state index contributed by atoms with van der Waals surface area (Å²) in [5.74, 6) is 0.240. The Kier molecular flexibility index (Phi) is 5.32. The predicted octanol–water partition coefficient (Wildman–Crippen LogP) is 5.70. The van der Waals surface area contributed by atoms with Gasteiger partial charge in [0.15, 0.2) is 0 Å². The SMILES string of the molecule is N#Cc1ccc(OC(F)(F)F)cc1-c1ccc(OCc2ccccc2)cc1. The summed E-state index contributed by atoms with van der Waals surface area (Å²) in [6.07, 6.45) is -4.79. The molecule has 0 aliphatic rings. The molecule has 0 aliphatic carbocycles. The minimum absolute atomic E-state index is 0.252. The molecule has 136 valence electrons. The molecule has 0 unspecified atom stereocenters. The second-order valence-electron chi connectivity index (χ2n) is 5.67. The zero-order valence-corrected chi connectivity index (χ0v) is 14.0. The van der Waals surface area contributed by atoms with Crippen LogP contribution < -0.4 is 9.47 Å². The highest BCUT2D eigenvalue weighted by Crippen LogP contribution is 2.31. The van der Waals surface area contributed by atoms with Crippen LogP contribution in [-0.2, 0) is 6.61 Å². The summed E-state index contributed by atoms with van der Waals surface area (Å²) in [7, 11) is 0. The Morgan fingerprint density at radius 1 is 0.852 bits per heavy atom. The van der Waals surface area contributed by atoms with E-state index in [0.29, 0.717) is 23.5 Å². The van der Waals surface area contributed by atoms with Crippen molar-refractivity contribution in [3.8, 4) is 28.7 Å². The summed E-state index contributed by atoms with van der Waals surface area (Å²) < 4.78 is 46.9. The van der Waals surface area contributed by atoms with Crippen molar-refractivity contribution in [1.82, 2.24) is 0 Å². The molecule has 27 heavy (non-hydrogen) atoms. The van der Waals surface area contributed by atoms with Crippen LogP contribution in [0.25, 0.3) is 11.1 Å². The van der Waals surface area contributed by atoms with Gasteiger partial charge in [-0.1, -0.05) is 42.5 Å². The van der Waals surface area contributed by atoms with Gasteiger partial charge in [-0.25, -0.2) is 0 Å². The highest BCUT2D eigenvalue weighted by Gasteiger charge is 2.31. The first kappa shape index (κ1) is 18.3. The first-order chi connectivity index (χ1) is 12.9. The summed E-state index contributed by atoms with van der Waals surface area (Å²) in [6.45, 7) is 0.401. The van der Waals surface area contributed by atoms with E-state index in [1.54, 1.807) is 24.3 Å². The Balaban J connectivity index is 1.79. The maximum Gasteiger partial charge on any atom is 0.573 e. The molecule has 0 fully saturated rings. The van der Waals surface area contributed by atoms with E-state index in [2.05, 4.69) is 4.74 Å². The van der Waals surface area contributed by atoms with Crippen LogP contribution in [0.3, 0.4) is 0 Å². The molecule has 0 radical (unpaired) electrons. The lowest BCUT2D eigenvalue weighted by molar-refractivity contribution is -0.274. The molecule has 6 heteroatoms. The fourth-order valence-electron chi connectivity index (χ4n) is 2.53. The largest absolute Gasteiger partial charge is 0.573 e. The van der Waals surface area contributed by atoms with E-state index in [4.69, 9.17) is 4.74 Å². The number of nitriles is 1. The van der Waals surface area contributed by atoms with Crippen molar-refractivity contribution in [2.75, 3.05) is 0 Å². The van der Waals surface area contributed by atoms with Gasteiger partial charge >= 0.3 is 6.36 Å². The van der Waals surface area contributed by atoms with Crippen LogP contribution in [0, 0.1) is 11.3 Å². The third kappa shape index (κ3) is 5.02. The summed E-state index contributed by atoms with van der Waals surface area (Å²) >= 11 is 0. The van der Waals surface area contributed by atoms with Gasteiger partial charge in [0.1, 0.15) is 18.1 Å². The molecule has 0 saturated heterocycles. The fourth-order valence-corrected chi connectivity index (χ4v) is 2.53. The Morgan fingerprint density at radius 2 is 1.52 bits per heavy atom. The van der Waals surface area contributed by atoms with Crippen molar-refractivity contribution in [2.24, 2.45) is 0 Å². The zero-order chi connectivity index (χ0) is 19.3. The Bertz CT molecular complexity index is 946. The van der Waals surface area contributed by atoms with Crippen molar-refractivity contribution in [1.29, 1.82) is 5.26 Å². The maximum absolute atomic E-state index is 12.4. The monoisotopic (exact) mass is 369 g/mol. The second kappa shape index (κ2) is 7.83. The van der Waals surface area contributed by atoms with Gasteiger partial charge in [0.05, 0.1) is 11.6 Å². The molecule has 0 aliphatic heterocycles. The van der Waals surface area contributed by atoms with Gasteiger partial charge in [0.25, 0.3) is 0 Å². The molecule has 0 aromatic heterocycles. The van der Waals surface area contributed by atoms with Crippen LogP contribution >= 0.6 is 0 Å². The van der Waals surface area contributed by atoms with E-state index in [1.807, 2.05) is 36.4 Å². The average molecular weight is 369 g/mol. The molecule has 0 bridgehead atoms. The molecule has 0 amide bonds. The quantitative estimate of drug-likeness (QED) is 0.579. The molecular weight excluding hydrogens is 355 g/mol. The highest BCUT2D eigenvalue weighted by molar-refractivity contribution is 5.72. The number of rotatable bonds is 5. The van der Waals surface area contributed by atoms with E-state index in [-0.39, 0.29) is 11.3 Å². The van der Waals surface area contributed by atoms with Gasteiger partial charge in [-0.05, 0) is 41.5 Å². The van der Waals surface area contributed by atoms with Gasteiger partial charge in [-0.2, -0.15) is 5.26 Å². The van der Waals surface area contributed by atoms with E-state index >= 15 is 0 Å². The number of benzene rings is 3. The minimum Gasteiger partial charge on any atom is -0.489 e. The number of ether oxygens (including phenoxy) is 2. The van der Waals surface area contributed by atoms with Crippen LogP contribution in [0.15, 0.2) is 72.8 Å². The van der Waals surface area contributed by atoms with E-state index < -0.39 is 6.36 Å². The summed E-state index contributed by atoms with van der Waals surface area (Å²) in [5, 5.41) is 9.23. The van der Waals surface area contributed by atoms with Crippen LogP contribution in [0.1, 0.15) is 11.1 Å². The second-order valence-corrected chi connectivity index (χ2v) is 5.67. The van der Waals surface area contributed by atoms with Gasteiger partial charge in [0, 0.05) is 5.56 Å². The Morgan fingerprint density at radius 3 is 2.15 bits per heavy atom. The molecule has 3 aromatic rings. The molecule has 0 spiro atoms. The number of halogens is 3. The molecule has 3 rings (SSSR count). The topological polar surface area (TPSA) is 42.2 Å². The normalized spacial score (nSPS) is 10.9. The van der Waals surface area contributed by atoms with E-state index in [9.17, 15) is 18.4 Å². The van der Waals surface area contributed by atoms with Crippen molar-refractivity contribution in [3.63, 3.8) is 0 Å². The lowest BCUT2D eigenvalue weighted by Crippen LogP contribution is -2.17. The summed E-state index contributed by atoms with van der Waals surface area (Å²) in [4.78, 5) is 0. The number of alkyl halides is 3. The summed E-state index contributed by atoms with van der Waals surface area (Å²) in [6, 6.07) is 22.0. The average Bonchev–Trinajstić information content (AvgIpc) is 2.66. The van der Waals surface area contributed by atoms with E-state index in [1.165, 1.54) is 12.1 Å². The number of hydrogen-bond donors (Lipinski definition) is 0. The summed E-state index contributed by atoms with van der Waals surface area (Å²) in [5.41, 5.74) is 2.22. The standard InChI is InChI=1S/C21H14F3NO2/c22-21(23,24)27-19-11-8-17(13-25)20(12-19)16-6-9-18(10-7-16)26-14-15-4-2-1-3-5-15/h1-12H,14H2. The molecule has 0 atom stereocenters. The molecule has 0 heterocycles. The van der Waals surface area contributed by atoms with Crippen LogP contribution in [0.4, 0.5) is 13.2 Å². The Labute approximate surface area is 154 Å². The zero-order valence-electron chi connectivity index (χ0n) is 14.0. The smallest absolute Gasteiger partial charge is 0.489 e. The van der Waals surface area contributed by atoms with Gasteiger partial charge in [0.2, 0.25) is 0 Å². The van der Waals surface area contributed by atoms with Crippen LogP contribution in [-0.4, -0.2) is 6.36 Å². The minimum atomic E-state index is -4.79. The van der Waals surface area contributed by atoms with Crippen molar-refractivity contribution >= 4 is 0 Å². The Hall–Kier alpha value is -3.46.